The van der Waals surface area contributed by atoms with Crippen LogP contribution in [0.3, 0.4) is 0 Å². The van der Waals surface area contributed by atoms with E-state index in [1.54, 1.807) is 13.8 Å². The molecule has 4 atom stereocenters. The van der Waals surface area contributed by atoms with E-state index in [0.29, 0.717) is 31.4 Å². The number of aliphatic carboxylic acids is 1. The molecular formula is C25H40N6O7. The molecule has 1 aromatic rings. The number of carbonyl (C=O) groups excluding carboxylic acids is 4. The first-order chi connectivity index (χ1) is 17.8. The highest BCUT2D eigenvalue weighted by atomic mass is 16.4. The molecule has 13 nitrogen and oxygen atoms in total. The molecule has 1 aromatic carbocycles. The zero-order valence-corrected chi connectivity index (χ0v) is 21.8. The second-order valence-electron chi connectivity index (χ2n) is 9.46. The first-order valence-electron chi connectivity index (χ1n) is 12.5. The van der Waals surface area contributed by atoms with Crippen LogP contribution in [-0.4, -0.2) is 70.5 Å². The van der Waals surface area contributed by atoms with Gasteiger partial charge in [0.2, 0.25) is 23.6 Å². The third-order valence-corrected chi connectivity index (χ3v) is 5.86. The van der Waals surface area contributed by atoms with Gasteiger partial charge in [-0.3, -0.25) is 19.2 Å². The number of amides is 4. The van der Waals surface area contributed by atoms with Crippen LogP contribution in [0.1, 0.15) is 51.5 Å². The van der Waals surface area contributed by atoms with E-state index in [4.69, 9.17) is 17.2 Å². The summed E-state index contributed by atoms with van der Waals surface area (Å²) < 4.78 is 0. The summed E-state index contributed by atoms with van der Waals surface area (Å²) >= 11 is 0. The van der Waals surface area contributed by atoms with E-state index in [0.717, 1.165) is 0 Å². The van der Waals surface area contributed by atoms with Gasteiger partial charge < -0.3 is 43.4 Å². The highest BCUT2D eigenvalue weighted by Crippen LogP contribution is 2.12. The molecule has 38 heavy (non-hydrogen) atoms. The van der Waals surface area contributed by atoms with Gasteiger partial charge in [0, 0.05) is 12.8 Å². The van der Waals surface area contributed by atoms with Crippen molar-refractivity contribution in [2.24, 2.45) is 23.1 Å². The second kappa shape index (κ2) is 16.2. The first-order valence-corrected chi connectivity index (χ1v) is 12.5. The van der Waals surface area contributed by atoms with Gasteiger partial charge in [0.15, 0.2) is 0 Å². The van der Waals surface area contributed by atoms with E-state index in [-0.39, 0.29) is 25.0 Å². The summed E-state index contributed by atoms with van der Waals surface area (Å²) in [6.07, 6.45) is 1.28. The zero-order valence-electron chi connectivity index (χ0n) is 21.8. The lowest BCUT2D eigenvalue weighted by Gasteiger charge is -2.27. The average molecular weight is 537 g/mol. The Morgan fingerprint density at radius 3 is 2.00 bits per heavy atom. The van der Waals surface area contributed by atoms with E-state index < -0.39 is 59.7 Å². The number of carbonyl (C=O) groups is 5. The smallest absolute Gasteiger partial charge is 0.326 e. The van der Waals surface area contributed by atoms with Crippen molar-refractivity contribution >= 4 is 29.6 Å². The average Bonchev–Trinajstić information content (AvgIpc) is 2.85. The molecule has 0 aliphatic rings. The maximum atomic E-state index is 13.1. The highest BCUT2D eigenvalue weighted by Gasteiger charge is 2.32. The quantitative estimate of drug-likeness (QED) is 0.112. The molecule has 0 bridgehead atoms. The molecule has 0 aromatic heterocycles. The lowest BCUT2D eigenvalue weighted by atomic mass is 10.00. The minimum atomic E-state index is -1.30. The summed E-state index contributed by atoms with van der Waals surface area (Å²) in [7, 11) is 0. The molecule has 0 aliphatic carbocycles. The van der Waals surface area contributed by atoms with Crippen LogP contribution in [0.15, 0.2) is 24.3 Å². The van der Waals surface area contributed by atoms with Gasteiger partial charge in [-0.15, -0.1) is 0 Å². The molecular weight excluding hydrogens is 496 g/mol. The van der Waals surface area contributed by atoms with Crippen molar-refractivity contribution in [3.63, 3.8) is 0 Å². The molecule has 11 N–H and O–H groups in total. The fourth-order valence-electron chi connectivity index (χ4n) is 3.59. The fraction of sp³-hybridized carbons (Fsp3) is 0.560. The summed E-state index contributed by atoms with van der Waals surface area (Å²) in [6.45, 7) is 3.77. The Morgan fingerprint density at radius 1 is 0.868 bits per heavy atom. The number of phenolic OH excluding ortho intramolecular Hbond substituents is 1. The monoisotopic (exact) mass is 536 g/mol. The van der Waals surface area contributed by atoms with Crippen LogP contribution in [0.4, 0.5) is 0 Å². The van der Waals surface area contributed by atoms with Crippen molar-refractivity contribution in [1.82, 2.24) is 16.0 Å². The van der Waals surface area contributed by atoms with Crippen LogP contribution in [0.5, 0.6) is 5.75 Å². The van der Waals surface area contributed by atoms with Crippen molar-refractivity contribution in [2.45, 2.75) is 76.5 Å². The maximum absolute atomic E-state index is 13.1. The molecule has 0 spiro atoms. The van der Waals surface area contributed by atoms with E-state index >= 15 is 0 Å². The fourth-order valence-corrected chi connectivity index (χ4v) is 3.59. The van der Waals surface area contributed by atoms with Crippen LogP contribution in [0.2, 0.25) is 0 Å². The largest absolute Gasteiger partial charge is 0.508 e. The molecule has 0 radical (unpaired) electrons. The summed E-state index contributed by atoms with van der Waals surface area (Å²) in [5.41, 5.74) is 17.1. The number of primary amides is 1. The topological polar surface area (TPSA) is 240 Å². The van der Waals surface area contributed by atoms with Gasteiger partial charge >= 0.3 is 5.97 Å². The number of phenols is 1. The number of hydrogen-bond donors (Lipinski definition) is 8. The van der Waals surface area contributed by atoms with E-state index in [1.807, 2.05) is 0 Å². The van der Waals surface area contributed by atoms with E-state index in [1.165, 1.54) is 24.3 Å². The molecule has 0 fully saturated rings. The molecule has 1 rings (SSSR count). The van der Waals surface area contributed by atoms with Gasteiger partial charge in [0.25, 0.3) is 0 Å². The Bertz CT molecular complexity index is 954. The molecule has 0 unspecified atom stereocenters. The zero-order chi connectivity index (χ0) is 28.8. The minimum Gasteiger partial charge on any atom is -0.508 e. The first kappa shape index (κ1) is 32.3. The summed E-state index contributed by atoms with van der Waals surface area (Å²) in [4.78, 5) is 61.8. The SMILES string of the molecule is CC(C)[C@H](NC(=O)[C@H](CCC(N)=O)NC(=O)[C@@H](N)CCCCN)C(=O)N[C@@H](Cc1ccc(O)cc1)C(=O)O. The molecule has 0 saturated heterocycles. The third-order valence-electron chi connectivity index (χ3n) is 5.86. The van der Waals surface area contributed by atoms with Crippen molar-refractivity contribution in [3.8, 4) is 5.75 Å². The predicted octanol–water partition coefficient (Wildman–Crippen LogP) is -1.15. The number of nitrogens with one attached hydrogen (secondary N) is 3. The molecule has 13 heteroatoms. The van der Waals surface area contributed by atoms with E-state index in [9.17, 15) is 34.2 Å². The highest BCUT2D eigenvalue weighted by molar-refractivity contribution is 5.94. The van der Waals surface area contributed by atoms with Crippen LogP contribution in [-0.2, 0) is 30.4 Å². The van der Waals surface area contributed by atoms with E-state index in [2.05, 4.69) is 16.0 Å². The number of benzene rings is 1. The van der Waals surface area contributed by atoms with Gasteiger partial charge in [0.05, 0.1) is 6.04 Å². The molecule has 0 heterocycles. The molecule has 0 saturated carbocycles. The summed E-state index contributed by atoms with van der Waals surface area (Å²) in [6, 6.07) is 1.33. The Morgan fingerprint density at radius 2 is 1.47 bits per heavy atom. The van der Waals surface area contributed by atoms with Gasteiger partial charge in [-0.1, -0.05) is 32.4 Å². The van der Waals surface area contributed by atoms with Crippen molar-refractivity contribution in [1.29, 1.82) is 0 Å². The van der Waals surface area contributed by atoms with Gasteiger partial charge in [0.1, 0.15) is 23.9 Å². The predicted molar refractivity (Wildman–Crippen MR) is 139 cm³/mol. The Labute approximate surface area is 221 Å². The number of rotatable bonds is 17. The number of nitrogens with two attached hydrogens (primary N) is 3. The number of carboxylic acid groups (broad SMARTS) is 1. The van der Waals surface area contributed by atoms with Gasteiger partial charge in [-0.2, -0.15) is 0 Å². The van der Waals surface area contributed by atoms with Gasteiger partial charge in [-0.25, -0.2) is 4.79 Å². The number of carboxylic acids is 1. The number of unbranched alkanes of at least 4 members (excludes halogenated alkanes) is 1. The number of aromatic hydroxyl groups is 1. The number of hydrogen-bond acceptors (Lipinski definition) is 8. The Kier molecular flexibility index (Phi) is 13.8. The lowest BCUT2D eigenvalue weighted by molar-refractivity contribution is -0.142. The third kappa shape index (κ3) is 11.6. The van der Waals surface area contributed by atoms with Crippen molar-refractivity contribution < 1.29 is 34.2 Å². The maximum Gasteiger partial charge on any atom is 0.326 e. The van der Waals surface area contributed by atoms with Crippen LogP contribution in [0.25, 0.3) is 0 Å². The summed E-state index contributed by atoms with van der Waals surface area (Å²) in [5, 5.41) is 26.5. The van der Waals surface area contributed by atoms with Crippen LogP contribution >= 0.6 is 0 Å². The van der Waals surface area contributed by atoms with Crippen LogP contribution < -0.4 is 33.2 Å². The minimum absolute atomic E-state index is 0.0155. The molecule has 0 aliphatic heterocycles. The Hall–Kier alpha value is -3.71. The standard InChI is InChI=1S/C25H40N6O7/c1-14(2)21(24(36)30-19(25(37)38)13-15-6-8-16(32)9-7-15)31-23(35)18(10-11-20(28)33)29-22(34)17(27)5-3-4-12-26/h6-9,14,17-19,21,32H,3-5,10-13,26-27H2,1-2H3,(H2,28,33)(H,29,34)(H,30,36)(H,31,35)(H,37,38)/t17-,18-,19-,21-/m0/s1. The second-order valence-corrected chi connectivity index (χ2v) is 9.46. The Balaban J connectivity index is 2.96. The van der Waals surface area contributed by atoms with Gasteiger partial charge in [-0.05, 0) is 49.4 Å². The molecule has 212 valence electrons. The molecule has 4 amide bonds. The normalized spacial score (nSPS) is 14.1. The summed E-state index contributed by atoms with van der Waals surface area (Å²) in [5.74, 6) is -4.48. The van der Waals surface area contributed by atoms with Crippen LogP contribution in [0, 0.1) is 5.92 Å². The lowest BCUT2D eigenvalue weighted by Crippen LogP contribution is -2.58. The van der Waals surface area contributed by atoms with Crippen molar-refractivity contribution in [2.75, 3.05) is 6.54 Å². The van der Waals surface area contributed by atoms with Crippen molar-refractivity contribution in [3.05, 3.63) is 29.8 Å².